The molecule has 0 aliphatic heterocycles. The third-order valence-electron chi connectivity index (χ3n) is 6.58. The lowest BCUT2D eigenvalue weighted by Gasteiger charge is -2.19. The van der Waals surface area contributed by atoms with E-state index in [0.29, 0.717) is 6.42 Å². The van der Waals surface area contributed by atoms with Gasteiger partial charge in [0, 0.05) is 24.9 Å². The molecule has 2 aliphatic rings. The third kappa shape index (κ3) is 4.60. The van der Waals surface area contributed by atoms with Crippen molar-refractivity contribution in [3.8, 4) is 11.1 Å². The number of fused-ring (bicyclic) bond motifs is 3. The lowest BCUT2D eigenvalue weighted by Crippen LogP contribution is -2.40. The molecule has 2 amide bonds. The van der Waals surface area contributed by atoms with Gasteiger partial charge in [0.25, 0.3) is 5.92 Å². The summed E-state index contributed by atoms with van der Waals surface area (Å²) in [6.45, 7) is 1.48. The molecule has 9 heteroatoms. The fourth-order valence-electron chi connectivity index (χ4n) is 4.60. The quantitative estimate of drug-likeness (QED) is 0.515. The van der Waals surface area contributed by atoms with E-state index >= 15 is 0 Å². The number of halogens is 2. The molecular weight excluding hydrogens is 446 g/mol. The lowest BCUT2D eigenvalue weighted by molar-refractivity contribution is -0.141. The predicted molar refractivity (Wildman–Crippen MR) is 119 cm³/mol. The standard InChI is InChI=1S/C25H26F2N2O5/c1-2-14(11-21(30)28-12-20-22(23(31)32)25(20,26)27)29-24(33)34-13-19-17-9-5-3-7-15(17)16-8-4-6-10-18(16)19/h3-10,14,19-20,22H,2,11-13H2,1H3,(H,28,30)(H,29,33)(H,31,32)/t14-,20+,22+/m0/s1. The van der Waals surface area contributed by atoms with E-state index in [1.54, 1.807) is 6.92 Å². The van der Waals surface area contributed by atoms with Crippen molar-refractivity contribution >= 4 is 18.0 Å². The van der Waals surface area contributed by atoms with E-state index < -0.39 is 48.3 Å². The zero-order valence-electron chi connectivity index (χ0n) is 18.6. The summed E-state index contributed by atoms with van der Waals surface area (Å²) in [5, 5.41) is 13.8. The smallest absolute Gasteiger partial charge is 0.407 e. The fourth-order valence-corrected chi connectivity index (χ4v) is 4.60. The maximum atomic E-state index is 13.5. The van der Waals surface area contributed by atoms with Crippen LogP contribution >= 0.6 is 0 Å². The first-order valence-electron chi connectivity index (χ1n) is 11.2. The molecule has 2 aromatic rings. The third-order valence-corrected chi connectivity index (χ3v) is 6.58. The summed E-state index contributed by atoms with van der Waals surface area (Å²) in [5.41, 5.74) is 4.39. The van der Waals surface area contributed by atoms with E-state index in [0.717, 1.165) is 22.3 Å². The Labute approximate surface area is 195 Å². The molecule has 2 aromatic carbocycles. The molecule has 0 spiro atoms. The Morgan fingerprint density at radius 1 is 1.06 bits per heavy atom. The Kier molecular flexibility index (Phi) is 6.54. The van der Waals surface area contributed by atoms with Gasteiger partial charge in [-0.15, -0.1) is 0 Å². The summed E-state index contributed by atoms with van der Waals surface area (Å²) in [5.74, 6) is -8.71. The highest BCUT2D eigenvalue weighted by atomic mass is 19.3. The van der Waals surface area contributed by atoms with Crippen LogP contribution in [-0.2, 0) is 14.3 Å². The SMILES string of the molecule is CC[C@@H](CC(=O)NC[C@@H]1[C@H](C(=O)O)C1(F)F)NC(=O)OCC1c2ccccc2-c2ccccc21. The van der Waals surface area contributed by atoms with E-state index in [2.05, 4.69) is 10.6 Å². The van der Waals surface area contributed by atoms with Crippen LogP contribution in [-0.4, -0.2) is 48.2 Å². The molecule has 0 heterocycles. The molecule has 7 nitrogen and oxygen atoms in total. The van der Waals surface area contributed by atoms with Crippen LogP contribution in [0.25, 0.3) is 11.1 Å². The highest BCUT2D eigenvalue weighted by Gasteiger charge is 2.72. The van der Waals surface area contributed by atoms with Crippen LogP contribution in [0.4, 0.5) is 13.6 Å². The topological polar surface area (TPSA) is 105 Å². The number of aliphatic carboxylic acids is 1. The van der Waals surface area contributed by atoms with Crippen molar-refractivity contribution in [2.45, 2.75) is 37.6 Å². The van der Waals surface area contributed by atoms with Crippen LogP contribution in [0.15, 0.2) is 48.5 Å². The first kappa shape index (κ1) is 23.7. The van der Waals surface area contributed by atoms with Crippen molar-refractivity contribution in [2.75, 3.05) is 13.2 Å². The highest BCUT2D eigenvalue weighted by molar-refractivity contribution is 5.80. The first-order valence-corrected chi connectivity index (χ1v) is 11.2. The molecule has 3 atom stereocenters. The second kappa shape index (κ2) is 9.40. The predicted octanol–water partition coefficient (Wildman–Crippen LogP) is 3.78. The minimum atomic E-state index is -3.32. The van der Waals surface area contributed by atoms with Gasteiger partial charge in [-0.1, -0.05) is 55.5 Å². The van der Waals surface area contributed by atoms with Gasteiger partial charge in [0.2, 0.25) is 5.91 Å². The highest BCUT2D eigenvalue weighted by Crippen LogP contribution is 2.54. The van der Waals surface area contributed by atoms with Crippen molar-refractivity contribution < 1.29 is 33.0 Å². The summed E-state index contributed by atoms with van der Waals surface area (Å²) in [6, 6.07) is 15.4. The number of hydrogen-bond donors (Lipinski definition) is 3. The van der Waals surface area contributed by atoms with Gasteiger partial charge in [-0.3, -0.25) is 9.59 Å². The molecule has 0 unspecified atom stereocenters. The number of carbonyl (C=O) groups excluding carboxylic acids is 2. The van der Waals surface area contributed by atoms with Crippen molar-refractivity contribution in [1.82, 2.24) is 10.6 Å². The minimum Gasteiger partial charge on any atom is -0.481 e. The van der Waals surface area contributed by atoms with Gasteiger partial charge in [0.15, 0.2) is 0 Å². The Hall–Kier alpha value is -3.49. The van der Waals surface area contributed by atoms with Crippen LogP contribution in [0, 0.1) is 11.8 Å². The molecule has 1 saturated carbocycles. The van der Waals surface area contributed by atoms with E-state index in [-0.39, 0.29) is 18.9 Å². The number of ether oxygens (including phenoxy) is 1. The van der Waals surface area contributed by atoms with E-state index in [9.17, 15) is 23.2 Å². The molecule has 0 bridgehead atoms. The number of carboxylic acids is 1. The van der Waals surface area contributed by atoms with E-state index in [1.807, 2.05) is 48.5 Å². The van der Waals surface area contributed by atoms with Crippen molar-refractivity contribution in [3.05, 3.63) is 59.7 Å². The molecular formula is C25H26F2N2O5. The Morgan fingerprint density at radius 2 is 1.65 bits per heavy atom. The number of nitrogens with one attached hydrogen (secondary N) is 2. The monoisotopic (exact) mass is 472 g/mol. The maximum absolute atomic E-state index is 13.5. The van der Waals surface area contributed by atoms with Crippen molar-refractivity contribution in [3.63, 3.8) is 0 Å². The zero-order valence-corrected chi connectivity index (χ0v) is 18.6. The molecule has 0 radical (unpaired) electrons. The summed E-state index contributed by atoms with van der Waals surface area (Å²) in [4.78, 5) is 35.4. The Bertz CT molecular complexity index is 1060. The molecule has 180 valence electrons. The molecule has 1 fully saturated rings. The van der Waals surface area contributed by atoms with Gasteiger partial charge in [0.05, 0.1) is 5.92 Å². The van der Waals surface area contributed by atoms with Gasteiger partial charge in [-0.05, 0) is 28.7 Å². The number of benzene rings is 2. The maximum Gasteiger partial charge on any atom is 0.407 e. The first-order chi connectivity index (χ1) is 16.2. The molecule has 34 heavy (non-hydrogen) atoms. The van der Waals surface area contributed by atoms with Gasteiger partial charge >= 0.3 is 12.1 Å². The normalized spacial score (nSPS) is 20.6. The number of carbonyl (C=O) groups is 3. The minimum absolute atomic E-state index is 0.0936. The van der Waals surface area contributed by atoms with Crippen LogP contribution < -0.4 is 10.6 Å². The second-order valence-electron chi connectivity index (χ2n) is 8.68. The number of alkyl carbamates (subject to hydrolysis) is 1. The van der Waals surface area contributed by atoms with Gasteiger partial charge < -0.3 is 20.5 Å². The van der Waals surface area contributed by atoms with E-state index in [1.165, 1.54) is 0 Å². The number of hydrogen-bond acceptors (Lipinski definition) is 4. The number of alkyl halides is 2. The molecule has 3 N–H and O–H groups in total. The summed E-state index contributed by atoms with van der Waals surface area (Å²) in [6.07, 6.45) is -0.368. The van der Waals surface area contributed by atoms with Gasteiger partial charge in [-0.2, -0.15) is 0 Å². The number of rotatable bonds is 9. The second-order valence-corrected chi connectivity index (χ2v) is 8.68. The molecule has 0 saturated heterocycles. The van der Waals surface area contributed by atoms with Gasteiger partial charge in [0.1, 0.15) is 12.5 Å². The summed E-state index contributed by atoms with van der Waals surface area (Å²) in [7, 11) is 0. The average molecular weight is 472 g/mol. The van der Waals surface area contributed by atoms with Crippen LogP contribution in [0.1, 0.15) is 36.8 Å². The largest absolute Gasteiger partial charge is 0.481 e. The number of amides is 2. The summed E-state index contributed by atoms with van der Waals surface area (Å²) >= 11 is 0. The molecule has 2 aliphatic carbocycles. The number of carboxylic acid groups (broad SMARTS) is 1. The van der Waals surface area contributed by atoms with Crippen LogP contribution in [0.5, 0.6) is 0 Å². The zero-order chi connectivity index (χ0) is 24.5. The Morgan fingerprint density at radius 3 is 2.18 bits per heavy atom. The summed E-state index contributed by atoms with van der Waals surface area (Å²) < 4.78 is 32.4. The van der Waals surface area contributed by atoms with Crippen LogP contribution in [0.3, 0.4) is 0 Å². The van der Waals surface area contributed by atoms with Gasteiger partial charge in [-0.25, -0.2) is 13.6 Å². The Balaban J connectivity index is 1.27. The van der Waals surface area contributed by atoms with E-state index in [4.69, 9.17) is 9.84 Å². The molecule has 0 aromatic heterocycles. The average Bonchev–Trinajstić information content (AvgIpc) is 3.23. The van der Waals surface area contributed by atoms with Crippen molar-refractivity contribution in [1.29, 1.82) is 0 Å². The van der Waals surface area contributed by atoms with Crippen molar-refractivity contribution in [2.24, 2.45) is 11.8 Å². The fraction of sp³-hybridized carbons (Fsp3) is 0.400. The lowest BCUT2D eigenvalue weighted by atomic mass is 9.98. The molecule has 4 rings (SSSR count). The van der Waals surface area contributed by atoms with Crippen LogP contribution in [0.2, 0.25) is 0 Å².